The Kier molecular flexibility index (Phi) is 4.17. The van der Waals surface area contributed by atoms with Crippen molar-refractivity contribution in [2.24, 2.45) is 0 Å². The second kappa shape index (κ2) is 5.52. The van der Waals surface area contributed by atoms with Crippen LogP contribution >= 0.6 is 0 Å². The molecule has 0 aliphatic carbocycles. The molecule has 1 aliphatic rings. The Hall–Kier alpha value is -1.05. The second-order valence-electron chi connectivity index (χ2n) is 4.54. The van der Waals surface area contributed by atoms with Crippen LogP contribution in [0.3, 0.4) is 0 Å². The fraction of sp³-hybridized carbons (Fsp3) is 0.500. The molecule has 4 nitrogen and oxygen atoms in total. The monoisotopic (exact) mass is 291 g/mol. The number of hydrogen-bond acceptors (Lipinski definition) is 3. The summed E-state index contributed by atoms with van der Waals surface area (Å²) in [6, 6.07) is 2.07. The fourth-order valence-electron chi connectivity index (χ4n) is 2.03. The molecule has 0 bridgehead atoms. The van der Waals surface area contributed by atoms with Crippen LogP contribution in [0.15, 0.2) is 23.1 Å². The topological polar surface area (TPSA) is 55.4 Å². The van der Waals surface area contributed by atoms with Gasteiger partial charge in [-0.3, -0.25) is 0 Å². The lowest BCUT2D eigenvalue weighted by Gasteiger charge is -2.19. The van der Waals surface area contributed by atoms with Gasteiger partial charge in [-0.05, 0) is 38.0 Å². The molecule has 0 saturated carbocycles. The molecule has 1 aromatic rings. The maximum Gasteiger partial charge on any atom is 0.241 e. The molecule has 19 heavy (non-hydrogen) atoms. The van der Waals surface area contributed by atoms with Crippen molar-refractivity contribution in [2.45, 2.75) is 36.8 Å². The Bertz CT molecular complexity index is 556. The summed E-state index contributed by atoms with van der Waals surface area (Å²) >= 11 is 0. The molecule has 1 aromatic carbocycles. The number of sulfonamides is 1. The van der Waals surface area contributed by atoms with Crippen molar-refractivity contribution in [1.82, 2.24) is 4.72 Å². The molecule has 1 saturated heterocycles. The highest BCUT2D eigenvalue weighted by Crippen LogP contribution is 2.18. The number of halogens is 2. The summed E-state index contributed by atoms with van der Waals surface area (Å²) in [6.45, 7) is 2.30. The number of ether oxygens (including phenoxy) is 1. The predicted octanol–water partition coefficient (Wildman–Crippen LogP) is 1.81. The molecule has 0 unspecified atom stereocenters. The number of nitrogens with one attached hydrogen (secondary N) is 1. The summed E-state index contributed by atoms with van der Waals surface area (Å²) in [5.74, 6) is -2.27. The highest BCUT2D eigenvalue weighted by molar-refractivity contribution is 7.89. The van der Waals surface area contributed by atoms with Gasteiger partial charge in [0, 0.05) is 12.6 Å². The lowest BCUT2D eigenvalue weighted by Crippen LogP contribution is -2.40. The van der Waals surface area contributed by atoms with E-state index in [1.54, 1.807) is 6.92 Å². The number of hydrogen-bond donors (Lipinski definition) is 1. The molecule has 0 aromatic heterocycles. The number of rotatable bonds is 4. The van der Waals surface area contributed by atoms with Gasteiger partial charge in [-0.25, -0.2) is 21.9 Å². The van der Waals surface area contributed by atoms with E-state index < -0.39 is 27.7 Å². The first-order valence-corrected chi connectivity index (χ1v) is 7.47. The van der Waals surface area contributed by atoms with Gasteiger partial charge in [0.1, 0.15) is 0 Å². The van der Waals surface area contributed by atoms with E-state index in [9.17, 15) is 17.2 Å². The Morgan fingerprint density at radius 3 is 2.68 bits per heavy atom. The van der Waals surface area contributed by atoms with Crippen LogP contribution in [-0.4, -0.2) is 27.2 Å². The lowest BCUT2D eigenvalue weighted by molar-refractivity contribution is 0.0902. The minimum Gasteiger partial charge on any atom is -0.377 e. The Morgan fingerprint density at radius 2 is 2.11 bits per heavy atom. The van der Waals surface area contributed by atoms with Crippen LogP contribution in [0.1, 0.15) is 19.8 Å². The zero-order chi connectivity index (χ0) is 14.0. The zero-order valence-corrected chi connectivity index (χ0v) is 11.2. The third-order valence-electron chi connectivity index (χ3n) is 3.06. The van der Waals surface area contributed by atoms with Crippen LogP contribution in [0, 0.1) is 11.6 Å². The van der Waals surface area contributed by atoms with E-state index in [0.29, 0.717) is 12.7 Å². The van der Waals surface area contributed by atoms with Crippen LogP contribution in [0.2, 0.25) is 0 Å². The van der Waals surface area contributed by atoms with E-state index in [1.165, 1.54) is 0 Å². The largest absolute Gasteiger partial charge is 0.377 e. The van der Waals surface area contributed by atoms with Gasteiger partial charge >= 0.3 is 0 Å². The zero-order valence-electron chi connectivity index (χ0n) is 10.4. The molecule has 1 aliphatic heterocycles. The van der Waals surface area contributed by atoms with Gasteiger partial charge in [0.25, 0.3) is 0 Å². The molecule has 2 rings (SSSR count). The summed E-state index contributed by atoms with van der Waals surface area (Å²) in [5.41, 5.74) is 0. The summed E-state index contributed by atoms with van der Waals surface area (Å²) in [7, 11) is -3.87. The standard InChI is InChI=1S/C12H15F2NO3S/c1-8(12-3-2-6-18-12)15-19(16,17)9-4-5-10(13)11(14)7-9/h4-5,7-8,12,15H,2-3,6H2,1H3/t8-,12+/m0/s1. The van der Waals surface area contributed by atoms with E-state index in [4.69, 9.17) is 4.74 Å². The first kappa shape index (κ1) is 14.4. The van der Waals surface area contributed by atoms with Crippen molar-refractivity contribution in [3.05, 3.63) is 29.8 Å². The van der Waals surface area contributed by atoms with Gasteiger partial charge in [-0.2, -0.15) is 0 Å². The van der Waals surface area contributed by atoms with E-state index >= 15 is 0 Å². The molecule has 0 spiro atoms. The molecule has 1 N–H and O–H groups in total. The van der Waals surface area contributed by atoms with Crippen molar-refractivity contribution in [2.75, 3.05) is 6.61 Å². The Morgan fingerprint density at radius 1 is 1.37 bits per heavy atom. The summed E-state index contributed by atoms with van der Waals surface area (Å²) in [5, 5.41) is 0. The molecule has 2 atom stereocenters. The van der Waals surface area contributed by atoms with Crippen molar-refractivity contribution in [3.8, 4) is 0 Å². The van der Waals surface area contributed by atoms with E-state index in [-0.39, 0.29) is 11.0 Å². The number of benzene rings is 1. The minimum absolute atomic E-state index is 0.180. The normalized spacial score (nSPS) is 21.5. The lowest BCUT2D eigenvalue weighted by atomic mass is 10.1. The van der Waals surface area contributed by atoms with Crippen LogP contribution in [0.25, 0.3) is 0 Å². The first-order valence-electron chi connectivity index (χ1n) is 5.99. The summed E-state index contributed by atoms with van der Waals surface area (Å²) in [4.78, 5) is -0.295. The smallest absolute Gasteiger partial charge is 0.241 e. The SMILES string of the molecule is C[C@H](NS(=O)(=O)c1ccc(F)c(F)c1)[C@H]1CCCO1. The van der Waals surface area contributed by atoms with Crippen molar-refractivity contribution in [3.63, 3.8) is 0 Å². The third kappa shape index (κ3) is 3.29. The maximum absolute atomic E-state index is 13.1. The van der Waals surface area contributed by atoms with Gasteiger partial charge in [-0.1, -0.05) is 0 Å². The Labute approximate surface area is 110 Å². The quantitative estimate of drug-likeness (QED) is 0.920. The Balaban J connectivity index is 2.15. The highest BCUT2D eigenvalue weighted by atomic mass is 32.2. The van der Waals surface area contributed by atoms with E-state index in [2.05, 4.69) is 4.72 Å². The molecule has 0 radical (unpaired) electrons. The van der Waals surface area contributed by atoms with Gasteiger partial charge < -0.3 is 4.74 Å². The molecule has 106 valence electrons. The predicted molar refractivity (Wildman–Crippen MR) is 65.1 cm³/mol. The third-order valence-corrected chi connectivity index (χ3v) is 4.62. The average molecular weight is 291 g/mol. The highest BCUT2D eigenvalue weighted by Gasteiger charge is 2.27. The average Bonchev–Trinajstić information content (AvgIpc) is 2.85. The summed E-state index contributed by atoms with van der Waals surface area (Å²) in [6.07, 6.45) is 1.49. The van der Waals surface area contributed by atoms with Crippen molar-refractivity contribution in [1.29, 1.82) is 0 Å². The molecular formula is C12H15F2NO3S. The van der Waals surface area contributed by atoms with Crippen LogP contribution in [0.5, 0.6) is 0 Å². The molecule has 7 heteroatoms. The fourth-order valence-corrected chi connectivity index (χ4v) is 3.31. The van der Waals surface area contributed by atoms with Gasteiger partial charge in [0.15, 0.2) is 11.6 Å². The molecule has 0 amide bonds. The molecular weight excluding hydrogens is 276 g/mol. The van der Waals surface area contributed by atoms with Gasteiger partial charge in [0.2, 0.25) is 10.0 Å². The van der Waals surface area contributed by atoms with Crippen molar-refractivity contribution < 1.29 is 21.9 Å². The molecule has 1 heterocycles. The second-order valence-corrected chi connectivity index (χ2v) is 6.25. The van der Waals surface area contributed by atoms with Gasteiger partial charge in [0.05, 0.1) is 11.0 Å². The maximum atomic E-state index is 13.1. The van der Waals surface area contributed by atoms with E-state index in [1.807, 2.05) is 0 Å². The molecule has 1 fully saturated rings. The van der Waals surface area contributed by atoms with Crippen LogP contribution in [-0.2, 0) is 14.8 Å². The minimum atomic E-state index is -3.87. The van der Waals surface area contributed by atoms with E-state index in [0.717, 1.165) is 25.0 Å². The van der Waals surface area contributed by atoms with Crippen molar-refractivity contribution >= 4 is 10.0 Å². The first-order chi connectivity index (χ1) is 8.90. The summed E-state index contributed by atoms with van der Waals surface area (Å²) < 4.78 is 57.7. The van der Waals surface area contributed by atoms with Gasteiger partial charge in [-0.15, -0.1) is 0 Å². The van der Waals surface area contributed by atoms with Crippen LogP contribution < -0.4 is 4.72 Å². The van der Waals surface area contributed by atoms with Crippen LogP contribution in [0.4, 0.5) is 8.78 Å².